The van der Waals surface area contributed by atoms with Gasteiger partial charge in [0.1, 0.15) is 12.4 Å². The van der Waals surface area contributed by atoms with E-state index in [-0.39, 0.29) is 11.7 Å². The monoisotopic (exact) mass is 540 g/mol. The highest BCUT2D eigenvalue weighted by molar-refractivity contribution is 6.34. The minimum atomic E-state index is -0.324. The maximum absolute atomic E-state index is 12.4. The molecule has 4 aromatic rings. The second-order valence-corrected chi connectivity index (χ2v) is 10.3. The van der Waals surface area contributed by atoms with Crippen LogP contribution in [-0.2, 0) is 6.42 Å². The number of pyridine rings is 1. The fourth-order valence-electron chi connectivity index (χ4n) is 5.04. The molecule has 7 nitrogen and oxygen atoms in total. The highest BCUT2D eigenvalue weighted by Gasteiger charge is 2.21. The molecule has 0 bridgehead atoms. The predicted molar refractivity (Wildman–Crippen MR) is 153 cm³/mol. The van der Waals surface area contributed by atoms with Crippen molar-refractivity contribution in [2.24, 2.45) is 4.99 Å². The SMILES string of the molecule is O=C(Nc1ccc(Cl)c(C2=Nc3ncc(-c4ccc(OCCN5CCCCC5)cc4)cc3C2)c1)c1ccco1. The summed E-state index contributed by atoms with van der Waals surface area (Å²) >= 11 is 6.53. The highest BCUT2D eigenvalue weighted by Crippen LogP contribution is 2.33. The number of hydrogen-bond acceptors (Lipinski definition) is 6. The van der Waals surface area contributed by atoms with E-state index in [9.17, 15) is 4.79 Å². The second-order valence-electron chi connectivity index (χ2n) is 9.84. The first-order valence-electron chi connectivity index (χ1n) is 13.3. The van der Waals surface area contributed by atoms with Crippen LogP contribution in [0.4, 0.5) is 11.5 Å². The first-order valence-corrected chi connectivity index (χ1v) is 13.7. The van der Waals surface area contributed by atoms with Crippen molar-refractivity contribution < 1.29 is 13.9 Å². The molecule has 2 aromatic carbocycles. The molecular formula is C31H29ClN4O3. The zero-order chi connectivity index (χ0) is 26.6. The van der Waals surface area contributed by atoms with Gasteiger partial charge in [-0.1, -0.05) is 30.2 Å². The summed E-state index contributed by atoms with van der Waals surface area (Å²) in [6, 6.07) is 18.9. The molecule has 1 amide bonds. The Balaban J connectivity index is 1.10. The van der Waals surface area contributed by atoms with Gasteiger partial charge in [-0.25, -0.2) is 9.98 Å². The summed E-state index contributed by atoms with van der Waals surface area (Å²) in [6.45, 7) is 4.04. The molecule has 0 atom stereocenters. The standard InChI is InChI=1S/C31H29ClN4O3/c32-27-11-8-24(34-31(37)29-5-4-15-39-29)19-26(27)28-18-22-17-23(20-33-30(22)35-28)21-6-9-25(10-7-21)38-16-14-36-12-2-1-3-13-36/h4-11,15,17,19-20H,1-3,12-14,16,18H2,(H,34,37). The third-order valence-corrected chi connectivity index (χ3v) is 7.46. The van der Waals surface area contributed by atoms with Crippen LogP contribution in [0.15, 0.2) is 82.5 Å². The Kier molecular flexibility index (Phi) is 7.43. The zero-order valence-corrected chi connectivity index (χ0v) is 22.3. The number of carbonyl (C=O) groups is 1. The summed E-state index contributed by atoms with van der Waals surface area (Å²) in [5, 5.41) is 3.41. The molecule has 1 fully saturated rings. The largest absolute Gasteiger partial charge is 0.492 e. The van der Waals surface area contributed by atoms with Crippen molar-refractivity contribution in [2.75, 3.05) is 31.6 Å². The van der Waals surface area contributed by atoms with Gasteiger partial charge in [0.25, 0.3) is 5.91 Å². The van der Waals surface area contributed by atoms with Gasteiger partial charge in [0.15, 0.2) is 11.6 Å². The van der Waals surface area contributed by atoms with Crippen LogP contribution in [0.25, 0.3) is 11.1 Å². The van der Waals surface area contributed by atoms with Gasteiger partial charge in [0, 0.05) is 46.6 Å². The van der Waals surface area contributed by atoms with Crippen molar-refractivity contribution in [1.82, 2.24) is 9.88 Å². The maximum atomic E-state index is 12.4. The molecular weight excluding hydrogens is 512 g/mol. The zero-order valence-electron chi connectivity index (χ0n) is 21.5. The second kappa shape index (κ2) is 11.4. The third kappa shape index (κ3) is 5.90. The molecule has 2 aliphatic heterocycles. The number of aliphatic imine (C=N–C) groups is 1. The van der Waals surface area contributed by atoms with Gasteiger partial charge >= 0.3 is 0 Å². The lowest BCUT2D eigenvalue weighted by atomic mass is 10.0. The van der Waals surface area contributed by atoms with E-state index in [1.54, 1.807) is 24.3 Å². The molecule has 1 N–H and O–H groups in total. The van der Waals surface area contributed by atoms with Gasteiger partial charge in [0.2, 0.25) is 0 Å². The van der Waals surface area contributed by atoms with Gasteiger partial charge in [-0.3, -0.25) is 9.69 Å². The minimum absolute atomic E-state index is 0.242. The molecule has 39 heavy (non-hydrogen) atoms. The lowest BCUT2D eigenvalue weighted by Gasteiger charge is -2.26. The van der Waals surface area contributed by atoms with Crippen molar-refractivity contribution in [3.8, 4) is 16.9 Å². The normalized spacial score (nSPS) is 15.1. The number of amides is 1. The molecule has 0 saturated carbocycles. The van der Waals surface area contributed by atoms with Crippen LogP contribution in [-0.4, -0.2) is 47.7 Å². The number of nitrogens with one attached hydrogen (secondary N) is 1. The molecule has 0 radical (unpaired) electrons. The first-order chi connectivity index (χ1) is 19.1. The van der Waals surface area contributed by atoms with Crippen LogP contribution >= 0.6 is 11.6 Å². The van der Waals surface area contributed by atoms with Crippen LogP contribution in [0.2, 0.25) is 5.02 Å². The van der Waals surface area contributed by atoms with E-state index in [0.29, 0.717) is 29.6 Å². The van der Waals surface area contributed by atoms with Gasteiger partial charge in [-0.05, 0) is 80.0 Å². The Morgan fingerprint density at radius 2 is 1.87 bits per heavy atom. The van der Waals surface area contributed by atoms with Crippen LogP contribution in [0.3, 0.4) is 0 Å². The van der Waals surface area contributed by atoms with Crippen molar-refractivity contribution in [1.29, 1.82) is 0 Å². The number of rotatable bonds is 8. The van der Waals surface area contributed by atoms with E-state index in [1.807, 2.05) is 24.4 Å². The predicted octanol–water partition coefficient (Wildman–Crippen LogP) is 6.79. The molecule has 6 rings (SSSR count). The Morgan fingerprint density at radius 3 is 2.67 bits per heavy atom. The smallest absolute Gasteiger partial charge is 0.291 e. The molecule has 2 aliphatic rings. The summed E-state index contributed by atoms with van der Waals surface area (Å²) < 4.78 is 11.2. The highest BCUT2D eigenvalue weighted by atomic mass is 35.5. The van der Waals surface area contributed by atoms with Crippen LogP contribution in [0, 0.1) is 0 Å². The van der Waals surface area contributed by atoms with E-state index >= 15 is 0 Å². The van der Waals surface area contributed by atoms with Crippen molar-refractivity contribution in [2.45, 2.75) is 25.7 Å². The number of likely N-dealkylation sites (tertiary alicyclic amines) is 1. The fourth-order valence-corrected chi connectivity index (χ4v) is 5.27. The van der Waals surface area contributed by atoms with E-state index in [4.69, 9.17) is 25.7 Å². The molecule has 0 spiro atoms. The number of piperidine rings is 1. The molecule has 4 heterocycles. The molecule has 2 aromatic heterocycles. The fraction of sp³-hybridized carbons (Fsp3) is 0.258. The number of aromatic nitrogens is 1. The van der Waals surface area contributed by atoms with E-state index < -0.39 is 0 Å². The number of benzene rings is 2. The minimum Gasteiger partial charge on any atom is -0.492 e. The first kappa shape index (κ1) is 25.3. The molecule has 1 saturated heterocycles. The molecule has 0 unspecified atom stereocenters. The maximum Gasteiger partial charge on any atom is 0.291 e. The lowest BCUT2D eigenvalue weighted by Crippen LogP contribution is -2.33. The van der Waals surface area contributed by atoms with Crippen LogP contribution < -0.4 is 10.1 Å². The summed E-state index contributed by atoms with van der Waals surface area (Å²) in [4.78, 5) is 24.2. The van der Waals surface area contributed by atoms with E-state index in [1.165, 1.54) is 38.6 Å². The van der Waals surface area contributed by atoms with Crippen molar-refractivity contribution in [3.05, 3.63) is 95.0 Å². The van der Waals surface area contributed by atoms with Gasteiger partial charge < -0.3 is 14.5 Å². The summed E-state index contributed by atoms with van der Waals surface area (Å²) in [5.41, 5.74) is 5.32. The number of carbonyl (C=O) groups excluding carboxylic acids is 1. The number of furan rings is 1. The van der Waals surface area contributed by atoms with E-state index in [2.05, 4.69) is 33.4 Å². The van der Waals surface area contributed by atoms with Gasteiger partial charge in [-0.2, -0.15) is 0 Å². The average Bonchev–Trinajstić information content (AvgIpc) is 3.65. The van der Waals surface area contributed by atoms with Crippen molar-refractivity contribution in [3.63, 3.8) is 0 Å². The Labute approximate surface area is 232 Å². The molecule has 8 heteroatoms. The summed E-state index contributed by atoms with van der Waals surface area (Å²) in [6.07, 6.45) is 7.84. The summed E-state index contributed by atoms with van der Waals surface area (Å²) in [5.74, 6) is 1.48. The van der Waals surface area contributed by atoms with E-state index in [0.717, 1.165) is 40.3 Å². The van der Waals surface area contributed by atoms with Gasteiger partial charge in [-0.15, -0.1) is 0 Å². The number of fused-ring (bicyclic) bond motifs is 1. The third-order valence-electron chi connectivity index (χ3n) is 7.13. The van der Waals surface area contributed by atoms with Crippen LogP contribution in [0.5, 0.6) is 5.75 Å². The number of halogens is 1. The summed E-state index contributed by atoms with van der Waals surface area (Å²) in [7, 11) is 0. The number of anilines is 1. The van der Waals surface area contributed by atoms with Gasteiger partial charge in [0.05, 0.1) is 12.0 Å². The molecule has 198 valence electrons. The Hall–Kier alpha value is -3.94. The average molecular weight is 541 g/mol. The van der Waals surface area contributed by atoms with Crippen molar-refractivity contribution >= 4 is 34.7 Å². The Bertz CT molecular complexity index is 1490. The lowest BCUT2D eigenvalue weighted by molar-refractivity contribution is 0.0996. The number of hydrogen-bond donors (Lipinski definition) is 1. The topological polar surface area (TPSA) is 80.0 Å². The Morgan fingerprint density at radius 1 is 1.03 bits per heavy atom. The molecule has 0 aliphatic carbocycles. The number of nitrogens with zero attached hydrogens (tertiary/aromatic N) is 3. The quantitative estimate of drug-likeness (QED) is 0.266. The van der Waals surface area contributed by atoms with Crippen LogP contribution in [0.1, 0.15) is 40.9 Å². The number of ether oxygens (including phenoxy) is 1.